The highest BCUT2D eigenvalue weighted by molar-refractivity contribution is 5.70. The van der Waals surface area contributed by atoms with E-state index in [-0.39, 0.29) is 37.7 Å². The Bertz CT molecular complexity index is 1320. The van der Waals surface area contributed by atoms with Gasteiger partial charge in [-0.2, -0.15) is 0 Å². The number of esters is 3. The number of allylic oxidation sites excluding steroid dienone is 6. The molecule has 0 aliphatic heterocycles. The molecule has 72 heavy (non-hydrogen) atoms. The Balaban J connectivity index is 2.70. The monoisotopic (exact) mass is 1000 g/mol. The van der Waals surface area contributed by atoms with Crippen molar-refractivity contribution in [1.82, 2.24) is 0 Å². The zero-order chi connectivity index (χ0) is 52.1. The number of hydrogen-bond donors (Lipinski definition) is 0. The summed E-state index contributed by atoms with van der Waals surface area (Å²) in [5, 5.41) is 0. The molecule has 0 aliphatic rings. The molecular formula is C66H114O6. The van der Waals surface area contributed by atoms with Crippen LogP contribution in [0.25, 0.3) is 0 Å². The quantitative estimate of drug-likeness (QED) is 0.0280. The van der Waals surface area contributed by atoms with Gasteiger partial charge in [0.25, 0.3) is 0 Å². The lowest BCUT2D eigenvalue weighted by Gasteiger charge is -2.32. The van der Waals surface area contributed by atoms with Crippen molar-refractivity contribution in [1.29, 1.82) is 0 Å². The van der Waals surface area contributed by atoms with Crippen LogP contribution in [0.4, 0.5) is 0 Å². The smallest absolute Gasteiger partial charge is 0.305 e. The molecule has 0 radical (unpaired) electrons. The van der Waals surface area contributed by atoms with Crippen molar-refractivity contribution in [2.24, 2.45) is 5.41 Å². The zero-order valence-electron chi connectivity index (χ0n) is 47.7. The van der Waals surface area contributed by atoms with Crippen LogP contribution in [0, 0.1) is 12.3 Å². The zero-order valence-corrected chi connectivity index (χ0v) is 47.7. The highest BCUT2D eigenvalue weighted by Crippen LogP contribution is 2.28. The minimum Gasteiger partial charge on any atom is -0.465 e. The van der Waals surface area contributed by atoms with Crippen LogP contribution < -0.4 is 0 Å². The fourth-order valence-electron chi connectivity index (χ4n) is 9.35. The van der Waals surface area contributed by atoms with Crippen LogP contribution in [0.1, 0.15) is 302 Å². The molecule has 0 atom stereocenters. The first kappa shape index (κ1) is 66.9. The Kier molecular flexibility index (Phi) is 47.7. The summed E-state index contributed by atoms with van der Waals surface area (Å²) in [6.07, 6.45) is 62.5. The van der Waals surface area contributed by atoms with Crippen molar-refractivity contribution in [3.63, 3.8) is 0 Å². The lowest BCUT2D eigenvalue weighted by atomic mass is 9.83. The van der Waals surface area contributed by atoms with Crippen molar-refractivity contribution in [2.75, 3.05) is 19.8 Å². The van der Waals surface area contributed by atoms with E-state index >= 15 is 0 Å². The van der Waals surface area contributed by atoms with E-state index in [4.69, 9.17) is 14.2 Å². The van der Waals surface area contributed by atoms with Crippen LogP contribution in [0.15, 0.2) is 60.7 Å². The average molecular weight is 1000 g/mol. The van der Waals surface area contributed by atoms with Gasteiger partial charge in [0, 0.05) is 19.3 Å². The molecule has 0 saturated carbocycles. The van der Waals surface area contributed by atoms with Crippen LogP contribution >= 0.6 is 0 Å². The van der Waals surface area contributed by atoms with Gasteiger partial charge in [-0.3, -0.25) is 14.4 Å². The summed E-state index contributed by atoms with van der Waals surface area (Å²) in [6.45, 7) is 8.92. The second kappa shape index (κ2) is 51.3. The Morgan fingerprint density at radius 1 is 0.347 bits per heavy atom. The molecule has 0 saturated heterocycles. The van der Waals surface area contributed by atoms with Gasteiger partial charge in [0.1, 0.15) is 19.8 Å². The number of carbonyl (C=O) groups is 3. The molecule has 0 spiro atoms. The molecule has 0 N–H and O–H groups in total. The standard InChI is InChI=1S/C66H114O6/c1-5-8-11-14-17-20-23-26-29-32-35-38-41-44-47-50-63(67)70-58-66(57-62-55-53-61(4)54-56-62,59-71-64(68)51-48-45-42-39-36-33-30-27-24-21-18-15-12-9-6-2)60-72-65(69)52-49-46-43-40-37-34-31-28-25-22-19-16-13-10-7-3/h26-31,53-56H,5-25,32-52,57-60H2,1-4H3/b29-26-,30-27-,31-28-. The first-order valence-corrected chi connectivity index (χ1v) is 30.8. The first-order chi connectivity index (χ1) is 35.3. The molecule has 0 aliphatic carbocycles. The molecule has 1 rings (SSSR count). The van der Waals surface area contributed by atoms with E-state index in [1.165, 1.54) is 173 Å². The summed E-state index contributed by atoms with van der Waals surface area (Å²) >= 11 is 0. The van der Waals surface area contributed by atoms with Crippen LogP contribution in [0.3, 0.4) is 0 Å². The van der Waals surface area contributed by atoms with Gasteiger partial charge in [0.2, 0.25) is 0 Å². The van der Waals surface area contributed by atoms with Crippen LogP contribution in [-0.2, 0) is 35.0 Å². The number of hydrogen-bond acceptors (Lipinski definition) is 6. The molecule has 6 heteroatoms. The maximum Gasteiger partial charge on any atom is 0.305 e. The summed E-state index contributed by atoms with van der Waals surface area (Å²) in [4.78, 5) is 39.8. The predicted molar refractivity (Wildman–Crippen MR) is 309 cm³/mol. The molecule has 0 bridgehead atoms. The predicted octanol–water partition coefficient (Wildman–Crippen LogP) is 20.3. The van der Waals surface area contributed by atoms with Gasteiger partial charge in [-0.15, -0.1) is 0 Å². The number of unbranched alkanes of at least 4 members (excludes halogenated alkanes) is 33. The molecule has 0 amide bonds. The van der Waals surface area contributed by atoms with E-state index in [2.05, 4.69) is 88.4 Å². The summed E-state index contributed by atoms with van der Waals surface area (Å²) < 4.78 is 18.1. The third kappa shape index (κ3) is 44.3. The maximum absolute atomic E-state index is 13.3. The minimum absolute atomic E-state index is 0.0200. The van der Waals surface area contributed by atoms with E-state index in [0.717, 1.165) is 88.2 Å². The first-order valence-electron chi connectivity index (χ1n) is 30.8. The fourth-order valence-corrected chi connectivity index (χ4v) is 9.35. The van der Waals surface area contributed by atoms with Crippen molar-refractivity contribution < 1.29 is 28.6 Å². The average Bonchev–Trinajstić information content (AvgIpc) is 3.38. The van der Waals surface area contributed by atoms with Crippen molar-refractivity contribution in [2.45, 2.75) is 304 Å². The largest absolute Gasteiger partial charge is 0.465 e. The van der Waals surface area contributed by atoms with Gasteiger partial charge in [-0.25, -0.2) is 0 Å². The van der Waals surface area contributed by atoms with Gasteiger partial charge in [0.15, 0.2) is 0 Å². The van der Waals surface area contributed by atoms with Crippen molar-refractivity contribution >= 4 is 17.9 Å². The number of aryl methyl sites for hydroxylation is 1. The van der Waals surface area contributed by atoms with Gasteiger partial charge < -0.3 is 14.2 Å². The number of ether oxygens (including phenoxy) is 3. The fraction of sp³-hybridized carbons (Fsp3) is 0.773. The summed E-state index contributed by atoms with van der Waals surface area (Å²) in [5.41, 5.74) is 1.27. The van der Waals surface area contributed by atoms with Crippen LogP contribution in [0.5, 0.6) is 0 Å². The molecule has 0 fully saturated rings. The maximum atomic E-state index is 13.3. The highest BCUT2D eigenvalue weighted by Gasteiger charge is 2.36. The molecule has 1 aromatic rings. The number of carbonyl (C=O) groups excluding carboxylic acids is 3. The molecule has 0 heterocycles. The Morgan fingerprint density at radius 2 is 0.583 bits per heavy atom. The molecule has 0 aromatic heterocycles. The van der Waals surface area contributed by atoms with E-state index in [1.54, 1.807) is 0 Å². The number of rotatable bonds is 53. The van der Waals surface area contributed by atoms with Gasteiger partial charge in [0.05, 0.1) is 5.41 Å². The molecule has 1 aromatic carbocycles. The lowest BCUT2D eigenvalue weighted by Crippen LogP contribution is -2.41. The summed E-state index contributed by atoms with van der Waals surface area (Å²) in [7, 11) is 0. The second-order valence-electron chi connectivity index (χ2n) is 21.6. The van der Waals surface area contributed by atoms with E-state index in [1.807, 2.05) is 0 Å². The minimum atomic E-state index is -0.899. The third-order valence-electron chi connectivity index (χ3n) is 14.2. The van der Waals surface area contributed by atoms with E-state index in [0.29, 0.717) is 25.7 Å². The van der Waals surface area contributed by atoms with E-state index < -0.39 is 5.41 Å². The lowest BCUT2D eigenvalue weighted by molar-refractivity contribution is -0.162. The summed E-state index contributed by atoms with van der Waals surface area (Å²) in [5.74, 6) is -0.750. The molecule has 0 unspecified atom stereocenters. The Labute approximate surface area is 445 Å². The van der Waals surface area contributed by atoms with Gasteiger partial charge >= 0.3 is 17.9 Å². The second-order valence-corrected chi connectivity index (χ2v) is 21.6. The number of benzene rings is 1. The normalized spacial score (nSPS) is 11.9. The summed E-state index contributed by atoms with van der Waals surface area (Å²) in [6, 6.07) is 8.27. The molecule has 6 nitrogen and oxygen atoms in total. The van der Waals surface area contributed by atoms with Crippen molar-refractivity contribution in [3.05, 3.63) is 71.8 Å². The van der Waals surface area contributed by atoms with E-state index in [9.17, 15) is 14.4 Å². The van der Waals surface area contributed by atoms with Crippen LogP contribution in [-0.4, -0.2) is 37.7 Å². The van der Waals surface area contributed by atoms with Gasteiger partial charge in [-0.05, 0) is 115 Å². The molecular weight excluding hydrogens is 889 g/mol. The van der Waals surface area contributed by atoms with Crippen molar-refractivity contribution in [3.8, 4) is 0 Å². The molecule has 414 valence electrons. The van der Waals surface area contributed by atoms with Gasteiger partial charge in [-0.1, -0.05) is 241 Å². The SMILES string of the molecule is CCCCCCCC/C=C\CCCCCCCC(=O)OCC(COC(=O)CCCCCCC/C=C\CCCCCCCC)(COC(=O)CCCCCCC/C=C\CCCCCCCC)Cc1ccc(C)cc1. The van der Waals surface area contributed by atoms with Crippen LogP contribution in [0.2, 0.25) is 0 Å². The Morgan fingerprint density at radius 3 is 0.847 bits per heavy atom. The topological polar surface area (TPSA) is 78.9 Å². The third-order valence-corrected chi connectivity index (χ3v) is 14.2. The Hall–Kier alpha value is -3.15. The highest BCUT2D eigenvalue weighted by atomic mass is 16.6.